The van der Waals surface area contributed by atoms with Crippen LogP contribution in [-0.2, 0) is 10.0 Å². The van der Waals surface area contributed by atoms with E-state index in [-0.39, 0.29) is 16.0 Å². The third kappa shape index (κ3) is 4.62. The van der Waals surface area contributed by atoms with Gasteiger partial charge in [-0.05, 0) is 30.0 Å². The smallest absolute Gasteiger partial charge is 0.240 e. The fourth-order valence-corrected chi connectivity index (χ4v) is 2.48. The second kappa shape index (κ2) is 5.24. The molecule has 18 heavy (non-hydrogen) atoms. The molecule has 1 aromatic rings. The average molecular weight is 274 g/mol. The van der Waals surface area contributed by atoms with Gasteiger partial charge in [-0.1, -0.05) is 20.8 Å². The molecule has 0 bridgehead atoms. The standard InChI is InChI=1S/C12H19FN2O2S/c1-12(2,3)4-5-15-18(16,17)11-7-9(13)6-10(14)8-11/h6-8,15H,4-5,14H2,1-3H3. The maximum absolute atomic E-state index is 13.1. The van der Waals surface area contributed by atoms with E-state index in [1.54, 1.807) is 0 Å². The molecule has 0 aliphatic carbocycles. The quantitative estimate of drug-likeness (QED) is 0.826. The number of anilines is 1. The minimum atomic E-state index is -3.70. The minimum Gasteiger partial charge on any atom is -0.399 e. The van der Waals surface area contributed by atoms with Crippen LogP contribution in [0.25, 0.3) is 0 Å². The Morgan fingerprint density at radius 2 is 1.89 bits per heavy atom. The maximum atomic E-state index is 13.1. The summed E-state index contributed by atoms with van der Waals surface area (Å²) in [6.07, 6.45) is 0.691. The Morgan fingerprint density at radius 3 is 2.39 bits per heavy atom. The lowest BCUT2D eigenvalue weighted by atomic mass is 9.93. The summed E-state index contributed by atoms with van der Waals surface area (Å²) in [5.41, 5.74) is 5.54. The molecule has 3 N–H and O–H groups in total. The highest BCUT2D eigenvalue weighted by Crippen LogP contribution is 2.19. The predicted molar refractivity (Wildman–Crippen MR) is 70.1 cm³/mol. The van der Waals surface area contributed by atoms with E-state index >= 15 is 0 Å². The Bertz CT molecular complexity index is 501. The largest absolute Gasteiger partial charge is 0.399 e. The van der Waals surface area contributed by atoms with Gasteiger partial charge in [-0.25, -0.2) is 17.5 Å². The molecule has 0 unspecified atom stereocenters. The van der Waals surface area contributed by atoms with E-state index in [4.69, 9.17) is 5.73 Å². The van der Waals surface area contributed by atoms with Crippen molar-refractivity contribution in [1.29, 1.82) is 0 Å². The lowest BCUT2D eigenvalue weighted by Gasteiger charge is -2.18. The summed E-state index contributed by atoms with van der Waals surface area (Å²) in [5, 5.41) is 0. The molecule has 0 heterocycles. The fraction of sp³-hybridized carbons (Fsp3) is 0.500. The zero-order chi connectivity index (χ0) is 14.0. The fourth-order valence-electron chi connectivity index (χ4n) is 1.38. The number of nitrogens with two attached hydrogens (primary N) is 1. The van der Waals surface area contributed by atoms with E-state index in [2.05, 4.69) is 4.72 Å². The van der Waals surface area contributed by atoms with Crippen LogP contribution in [0.15, 0.2) is 23.1 Å². The Labute approximate surface area is 107 Å². The van der Waals surface area contributed by atoms with Gasteiger partial charge in [0, 0.05) is 12.2 Å². The molecule has 0 saturated heterocycles. The number of sulfonamides is 1. The Balaban J connectivity index is 2.80. The van der Waals surface area contributed by atoms with Crippen LogP contribution in [0.4, 0.5) is 10.1 Å². The van der Waals surface area contributed by atoms with Crippen molar-refractivity contribution >= 4 is 15.7 Å². The van der Waals surface area contributed by atoms with E-state index in [0.29, 0.717) is 13.0 Å². The monoisotopic (exact) mass is 274 g/mol. The first-order valence-electron chi connectivity index (χ1n) is 5.66. The summed E-state index contributed by atoms with van der Waals surface area (Å²) >= 11 is 0. The van der Waals surface area contributed by atoms with Crippen molar-refractivity contribution in [3.8, 4) is 0 Å². The molecule has 0 saturated carbocycles. The molecule has 0 spiro atoms. The van der Waals surface area contributed by atoms with Gasteiger partial charge in [0.2, 0.25) is 10.0 Å². The summed E-state index contributed by atoms with van der Waals surface area (Å²) in [7, 11) is -3.70. The molecule has 0 aromatic heterocycles. The Hall–Kier alpha value is -1.14. The summed E-state index contributed by atoms with van der Waals surface area (Å²) < 4.78 is 39.3. The highest BCUT2D eigenvalue weighted by Gasteiger charge is 2.17. The van der Waals surface area contributed by atoms with Crippen LogP contribution in [0.3, 0.4) is 0 Å². The molecule has 6 heteroatoms. The average Bonchev–Trinajstić information content (AvgIpc) is 2.13. The molecule has 0 amide bonds. The lowest BCUT2D eigenvalue weighted by molar-refractivity contribution is 0.378. The predicted octanol–water partition coefficient (Wildman–Crippen LogP) is 2.12. The van der Waals surface area contributed by atoms with E-state index in [1.807, 2.05) is 20.8 Å². The van der Waals surface area contributed by atoms with Crippen molar-refractivity contribution in [3.63, 3.8) is 0 Å². The normalized spacial score (nSPS) is 12.7. The molecule has 1 aromatic carbocycles. The zero-order valence-electron chi connectivity index (χ0n) is 10.8. The molecular formula is C12H19FN2O2S. The number of nitrogens with one attached hydrogen (secondary N) is 1. The number of rotatable bonds is 4. The van der Waals surface area contributed by atoms with Gasteiger partial charge in [-0.15, -0.1) is 0 Å². The second-order valence-electron chi connectivity index (χ2n) is 5.43. The number of benzene rings is 1. The summed E-state index contributed by atoms with van der Waals surface area (Å²) in [4.78, 5) is -0.145. The third-order valence-corrected chi connectivity index (χ3v) is 3.81. The molecule has 0 aliphatic rings. The molecule has 0 fully saturated rings. The van der Waals surface area contributed by atoms with Crippen LogP contribution in [0.1, 0.15) is 27.2 Å². The first-order valence-corrected chi connectivity index (χ1v) is 7.14. The number of halogens is 1. The van der Waals surface area contributed by atoms with Crippen molar-refractivity contribution in [3.05, 3.63) is 24.0 Å². The molecule has 1 rings (SSSR count). The number of nitrogen functional groups attached to an aromatic ring is 1. The molecule has 0 aliphatic heterocycles. The van der Waals surface area contributed by atoms with Crippen molar-refractivity contribution in [2.75, 3.05) is 12.3 Å². The topological polar surface area (TPSA) is 72.2 Å². The highest BCUT2D eigenvalue weighted by atomic mass is 32.2. The van der Waals surface area contributed by atoms with Gasteiger partial charge in [0.25, 0.3) is 0 Å². The van der Waals surface area contributed by atoms with Crippen LogP contribution in [0.5, 0.6) is 0 Å². The van der Waals surface area contributed by atoms with Crippen molar-refractivity contribution in [2.45, 2.75) is 32.1 Å². The summed E-state index contributed by atoms with van der Waals surface area (Å²) in [5.74, 6) is -0.661. The van der Waals surface area contributed by atoms with Crippen LogP contribution >= 0.6 is 0 Å². The van der Waals surface area contributed by atoms with E-state index in [9.17, 15) is 12.8 Å². The SMILES string of the molecule is CC(C)(C)CCNS(=O)(=O)c1cc(N)cc(F)c1. The molecule has 4 nitrogen and oxygen atoms in total. The zero-order valence-corrected chi connectivity index (χ0v) is 11.6. The summed E-state index contributed by atoms with van der Waals surface area (Å²) in [6.45, 7) is 6.35. The van der Waals surface area contributed by atoms with Crippen molar-refractivity contribution in [2.24, 2.45) is 5.41 Å². The van der Waals surface area contributed by atoms with Crippen LogP contribution in [0, 0.1) is 11.2 Å². The van der Waals surface area contributed by atoms with Gasteiger partial charge in [0.05, 0.1) is 4.90 Å². The molecule has 102 valence electrons. The van der Waals surface area contributed by atoms with Gasteiger partial charge in [-0.3, -0.25) is 0 Å². The van der Waals surface area contributed by atoms with Gasteiger partial charge < -0.3 is 5.73 Å². The third-order valence-electron chi connectivity index (χ3n) is 2.37. The minimum absolute atomic E-state index is 0.0312. The Kier molecular flexibility index (Phi) is 4.34. The number of hydrogen-bond donors (Lipinski definition) is 2. The molecule has 0 radical (unpaired) electrons. The van der Waals surface area contributed by atoms with Gasteiger partial charge in [0.15, 0.2) is 0 Å². The first kappa shape index (κ1) is 14.9. The first-order chi connectivity index (χ1) is 8.10. The van der Waals surface area contributed by atoms with Crippen LogP contribution in [0.2, 0.25) is 0 Å². The van der Waals surface area contributed by atoms with E-state index in [1.165, 1.54) is 6.07 Å². The lowest BCUT2D eigenvalue weighted by Crippen LogP contribution is -2.27. The number of hydrogen-bond acceptors (Lipinski definition) is 3. The summed E-state index contributed by atoms with van der Waals surface area (Å²) in [6, 6.07) is 3.27. The highest BCUT2D eigenvalue weighted by molar-refractivity contribution is 7.89. The molecular weight excluding hydrogens is 255 g/mol. The van der Waals surface area contributed by atoms with Crippen LogP contribution in [-0.4, -0.2) is 15.0 Å². The van der Waals surface area contributed by atoms with Crippen molar-refractivity contribution in [1.82, 2.24) is 4.72 Å². The second-order valence-corrected chi connectivity index (χ2v) is 7.20. The maximum Gasteiger partial charge on any atom is 0.240 e. The Morgan fingerprint density at radius 1 is 1.28 bits per heavy atom. The van der Waals surface area contributed by atoms with E-state index in [0.717, 1.165) is 12.1 Å². The van der Waals surface area contributed by atoms with Gasteiger partial charge in [0.1, 0.15) is 5.82 Å². The van der Waals surface area contributed by atoms with Crippen molar-refractivity contribution < 1.29 is 12.8 Å². The molecule has 0 atom stereocenters. The van der Waals surface area contributed by atoms with Crippen LogP contribution < -0.4 is 10.5 Å². The van der Waals surface area contributed by atoms with Gasteiger partial charge >= 0.3 is 0 Å². The van der Waals surface area contributed by atoms with E-state index < -0.39 is 15.8 Å². The van der Waals surface area contributed by atoms with Gasteiger partial charge in [-0.2, -0.15) is 0 Å².